The number of hydrogen-bond acceptors (Lipinski definition) is 4. The van der Waals surface area contributed by atoms with Gasteiger partial charge in [0.15, 0.2) is 0 Å². The molecule has 24 heavy (non-hydrogen) atoms. The highest BCUT2D eigenvalue weighted by atomic mass is 35.5. The molecule has 0 bridgehead atoms. The molecule has 1 aliphatic heterocycles. The second-order valence-electron chi connectivity index (χ2n) is 6.18. The molecule has 1 atom stereocenters. The Labute approximate surface area is 147 Å². The minimum atomic E-state index is -0.0822. The van der Waals surface area contributed by atoms with Crippen molar-refractivity contribution in [3.05, 3.63) is 46.7 Å². The number of piperidine rings is 1. The Morgan fingerprint density at radius 2 is 2.17 bits per heavy atom. The van der Waals surface area contributed by atoms with Crippen LogP contribution in [0.5, 0.6) is 0 Å². The first kappa shape index (κ1) is 16.7. The van der Waals surface area contributed by atoms with Gasteiger partial charge in [0.05, 0.1) is 5.92 Å². The second kappa shape index (κ2) is 7.18. The van der Waals surface area contributed by atoms with Gasteiger partial charge in [-0.05, 0) is 50.5 Å². The molecule has 6 heteroatoms. The van der Waals surface area contributed by atoms with Crippen molar-refractivity contribution in [3.8, 4) is 0 Å². The standard InChI is InChI=1S/C18H21ClN4O/c1-12-8-9-20-18(21-12)23-10-4-5-14(11-23)17(24)22-16-7-3-6-15(19)13(16)2/h3,6-9,14H,4-5,10-11H2,1-2H3,(H,22,24). The van der Waals surface area contributed by atoms with E-state index < -0.39 is 0 Å². The Balaban J connectivity index is 1.70. The molecule has 3 rings (SSSR count). The fourth-order valence-electron chi connectivity index (χ4n) is 2.94. The molecular weight excluding hydrogens is 324 g/mol. The lowest BCUT2D eigenvalue weighted by Gasteiger charge is -2.32. The van der Waals surface area contributed by atoms with E-state index in [-0.39, 0.29) is 11.8 Å². The van der Waals surface area contributed by atoms with Crippen molar-refractivity contribution in [3.63, 3.8) is 0 Å². The van der Waals surface area contributed by atoms with Gasteiger partial charge in [0.25, 0.3) is 0 Å². The smallest absolute Gasteiger partial charge is 0.229 e. The molecule has 2 heterocycles. The average molecular weight is 345 g/mol. The maximum Gasteiger partial charge on any atom is 0.229 e. The minimum Gasteiger partial charge on any atom is -0.340 e. The van der Waals surface area contributed by atoms with E-state index in [1.54, 1.807) is 6.20 Å². The summed E-state index contributed by atoms with van der Waals surface area (Å²) in [5.41, 5.74) is 2.60. The summed E-state index contributed by atoms with van der Waals surface area (Å²) in [6.07, 6.45) is 3.58. The van der Waals surface area contributed by atoms with Crippen LogP contribution in [0.1, 0.15) is 24.1 Å². The molecule has 2 aromatic rings. The Hall–Kier alpha value is -2.14. The monoisotopic (exact) mass is 344 g/mol. The first-order chi connectivity index (χ1) is 11.5. The second-order valence-corrected chi connectivity index (χ2v) is 6.59. The van der Waals surface area contributed by atoms with Crippen molar-refractivity contribution in [2.24, 2.45) is 5.92 Å². The first-order valence-corrected chi connectivity index (χ1v) is 8.53. The summed E-state index contributed by atoms with van der Waals surface area (Å²) in [7, 11) is 0. The number of hydrogen-bond donors (Lipinski definition) is 1. The molecule has 0 radical (unpaired) electrons. The number of amides is 1. The van der Waals surface area contributed by atoms with E-state index in [1.165, 1.54) is 0 Å². The molecule has 0 aliphatic carbocycles. The molecule has 1 fully saturated rings. The molecule has 1 unspecified atom stereocenters. The number of nitrogens with one attached hydrogen (secondary N) is 1. The highest BCUT2D eigenvalue weighted by Gasteiger charge is 2.27. The van der Waals surface area contributed by atoms with Crippen molar-refractivity contribution >= 4 is 29.1 Å². The number of carbonyl (C=O) groups is 1. The van der Waals surface area contributed by atoms with E-state index in [9.17, 15) is 4.79 Å². The summed E-state index contributed by atoms with van der Waals surface area (Å²) in [6, 6.07) is 7.42. The molecule has 1 aromatic heterocycles. The largest absolute Gasteiger partial charge is 0.340 e. The zero-order valence-corrected chi connectivity index (χ0v) is 14.7. The summed E-state index contributed by atoms with van der Waals surface area (Å²) < 4.78 is 0. The molecule has 0 spiro atoms. The van der Waals surface area contributed by atoms with Crippen LogP contribution in [-0.2, 0) is 4.79 Å². The molecule has 1 N–H and O–H groups in total. The van der Waals surface area contributed by atoms with Gasteiger partial charge in [-0.1, -0.05) is 17.7 Å². The Kier molecular flexibility index (Phi) is 5.00. The van der Waals surface area contributed by atoms with Gasteiger partial charge in [0.1, 0.15) is 0 Å². The van der Waals surface area contributed by atoms with Gasteiger partial charge < -0.3 is 10.2 Å². The summed E-state index contributed by atoms with van der Waals surface area (Å²) >= 11 is 6.13. The third-order valence-corrected chi connectivity index (χ3v) is 4.79. The Morgan fingerprint density at radius 3 is 2.96 bits per heavy atom. The van der Waals surface area contributed by atoms with Gasteiger partial charge >= 0.3 is 0 Å². The molecule has 5 nitrogen and oxygen atoms in total. The van der Waals surface area contributed by atoms with Crippen molar-refractivity contribution in [1.29, 1.82) is 0 Å². The lowest BCUT2D eigenvalue weighted by atomic mass is 9.97. The number of benzene rings is 1. The fraction of sp³-hybridized carbons (Fsp3) is 0.389. The zero-order valence-electron chi connectivity index (χ0n) is 13.9. The molecule has 1 aliphatic rings. The number of halogens is 1. The van der Waals surface area contributed by atoms with E-state index in [4.69, 9.17) is 11.6 Å². The van der Waals surface area contributed by atoms with Crippen LogP contribution in [0.3, 0.4) is 0 Å². The van der Waals surface area contributed by atoms with E-state index in [1.807, 2.05) is 38.1 Å². The highest BCUT2D eigenvalue weighted by Crippen LogP contribution is 2.25. The van der Waals surface area contributed by atoms with Crippen molar-refractivity contribution in [2.75, 3.05) is 23.3 Å². The Morgan fingerprint density at radius 1 is 1.33 bits per heavy atom. The lowest BCUT2D eigenvalue weighted by Crippen LogP contribution is -2.41. The van der Waals surface area contributed by atoms with E-state index in [2.05, 4.69) is 20.2 Å². The third-order valence-electron chi connectivity index (χ3n) is 4.38. The first-order valence-electron chi connectivity index (χ1n) is 8.15. The molecule has 126 valence electrons. The van der Waals surface area contributed by atoms with E-state index in [0.29, 0.717) is 17.5 Å². The van der Waals surface area contributed by atoms with Gasteiger partial charge in [-0.2, -0.15) is 0 Å². The third kappa shape index (κ3) is 3.67. The fourth-order valence-corrected chi connectivity index (χ4v) is 3.11. The number of carbonyl (C=O) groups excluding carboxylic acids is 1. The summed E-state index contributed by atoms with van der Waals surface area (Å²) in [6.45, 7) is 5.37. The van der Waals surface area contributed by atoms with Crippen molar-refractivity contribution < 1.29 is 4.79 Å². The number of anilines is 2. The minimum absolute atomic E-state index is 0.0257. The zero-order chi connectivity index (χ0) is 17.1. The molecule has 1 saturated heterocycles. The van der Waals surface area contributed by atoms with Crippen LogP contribution >= 0.6 is 11.6 Å². The highest BCUT2D eigenvalue weighted by molar-refractivity contribution is 6.31. The van der Waals surface area contributed by atoms with Crippen LogP contribution in [0, 0.1) is 19.8 Å². The quantitative estimate of drug-likeness (QED) is 0.924. The van der Waals surface area contributed by atoms with Crippen LogP contribution in [0.4, 0.5) is 11.6 Å². The molecule has 1 aromatic carbocycles. The van der Waals surface area contributed by atoms with Crippen molar-refractivity contribution in [2.45, 2.75) is 26.7 Å². The van der Waals surface area contributed by atoms with Crippen LogP contribution in [-0.4, -0.2) is 29.0 Å². The van der Waals surface area contributed by atoms with Gasteiger partial charge in [-0.25, -0.2) is 9.97 Å². The normalized spacial score (nSPS) is 17.6. The topological polar surface area (TPSA) is 58.1 Å². The maximum atomic E-state index is 12.7. The Bertz CT molecular complexity index is 750. The number of rotatable bonds is 3. The van der Waals surface area contributed by atoms with Crippen LogP contribution in [0.2, 0.25) is 5.02 Å². The molecule has 1 amide bonds. The predicted octanol–water partition coefficient (Wildman–Crippen LogP) is 3.60. The van der Waals surface area contributed by atoms with Crippen LogP contribution in [0.25, 0.3) is 0 Å². The molecular formula is C18H21ClN4O. The number of nitrogens with zero attached hydrogens (tertiary/aromatic N) is 3. The average Bonchev–Trinajstić information content (AvgIpc) is 2.59. The van der Waals surface area contributed by atoms with Crippen LogP contribution < -0.4 is 10.2 Å². The van der Waals surface area contributed by atoms with Gasteiger partial charge in [-0.3, -0.25) is 4.79 Å². The summed E-state index contributed by atoms with van der Waals surface area (Å²) in [5.74, 6) is 0.644. The van der Waals surface area contributed by atoms with Gasteiger partial charge in [-0.15, -0.1) is 0 Å². The van der Waals surface area contributed by atoms with E-state index in [0.717, 1.165) is 36.3 Å². The maximum absolute atomic E-state index is 12.7. The number of aryl methyl sites for hydroxylation is 1. The molecule has 0 saturated carbocycles. The lowest BCUT2D eigenvalue weighted by molar-refractivity contribution is -0.120. The SMILES string of the molecule is Cc1ccnc(N2CCCC(C(=O)Nc3cccc(Cl)c3C)C2)n1. The van der Waals surface area contributed by atoms with Gasteiger partial charge in [0, 0.05) is 35.7 Å². The summed E-state index contributed by atoms with van der Waals surface area (Å²) in [5, 5.41) is 3.67. The summed E-state index contributed by atoms with van der Waals surface area (Å²) in [4.78, 5) is 23.5. The van der Waals surface area contributed by atoms with Crippen molar-refractivity contribution in [1.82, 2.24) is 9.97 Å². The van der Waals surface area contributed by atoms with E-state index >= 15 is 0 Å². The predicted molar refractivity (Wildman–Crippen MR) is 96.5 cm³/mol. The van der Waals surface area contributed by atoms with Gasteiger partial charge in [0.2, 0.25) is 11.9 Å². The number of aromatic nitrogens is 2. The van der Waals surface area contributed by atoms with Crippen LogP contribution in [0.15, 0.2) is 30.5 Å².